The SMILES string of the molecule is Cc1ccc(NC(=O)c2ccnc(N3CCN(c4ccccc4)CC3)c2)cc1C. The van der Waals surface area contributed by atoms with E-state index in [2.05, 4.69) is 51.3 Å². The number of benzene rings is 2. The molecule has 1 amide bonds. The zero-order chi connectivity index (χ0) is 20.2. The Morgan fingerprint density at radius 1 is 0.862 bits per heavy atom. The van der Waals surface area contributed by atoms with Gasteiger partial charge in [0.2, 0.25) is 0 Å². The summed E-state index contributed by atoms with van der Waals surface area (Å²) in [6.07, 6.45) is 1.72. The summed E-state index contributed by atoms with van der Waals surface area (Å²) in [5.41, 5.74) is 5.06. The smallest absolute Gasteiger partial charge is 0.255 e. The molecule has 0 spiro atoms. The van der Waals surface area contributed by atoms with E-state index in [1.807, 2.05) is 37.3 Å². The molecule has 2 aromatic carbocycles. The number of nitrogens with one attached hydrogen (secondary N) is 1. The van der Waals surface area contributed by atoms with Crippen molar-refractivity contribution in [3.8, 4) is 0 Å². The third-order valence-corrected chi connectivity index (χ3v) is 5.50. The van der Waals surface area contributed by atoms with Crippen LogP contribution in [0.15, 0.2) is 66.9 Å². The molecule has 0 unspecified atom stereocenters. The maximum absolute atomic E-state index is 12.7. The lowest BCUT2D eigenvalue weighted by atomic mass is 10.1. The predicted molar refractivity (Wildman–Crippen MR) is 119 cm³/mol. The van der Waals surface area contributed by atoms with Gasteiger partial charge in [-0.15, -0.1) is 0 Å². The molecule has 0 atom stereocenters. The molecule has 5 heteroatoms. The zero-order valence-corrected chi connectivity index (χ0v) is 16.9. The van der Waals surface area contributed by atoms with E-state index in [9.17, 15) is 4.79 Å². The van der Waals surface area contributed by atoms with Crippen molar-refractivity contribution in [2.24, 2.45) is 0 Å². The molecule has 5 nitrogen and oxygen atoms in total. The van der Waals surface area contributed by atoms with Crippen LogP contribution in [-0.4, -0.2) is 37.1 Å². The van der Waals surface area contributed by atoms with Gasteiger partial charge in [-0.1, -0.05) is 24.3 Å². The van der Waals surface area contributed by atoms with Crippen molar-refractivity contribution in [2.75, 3.05) is 41.3 Å². The fraction of sp³-hybridized carbons (Fsp3) is 0.250. The molecule has 2 heterocycles. The monoisotopic (exact) mass is 386 g/mol. The van der Waals surface area contributed by atoms with Crippen molar-refractivity contribution in [2.45, 2.75) is 13.8 Å². The highest BCUT2D eigenvalue weighted by Gasteiger charge is 2.19. The summed E-state index contributed by atoms with van der Waals surface area (Å²) in [6, 6.07) is 20.1. The summed E-state index contributed by atoms with van der Waals surface area (Å²) in [5, 5.41) is 2.99. The molecule has 1 aliphatic heterocycles. The number of nitrogens with zero attached hydrogens (tertiary/aromatic N) is 3. The van der Waals surface area contributed by atoms with E-state index >= 15 is 0 Å². The molecule has 1 N–H and O–H groups in total. The molecule has 4 rings (SSSR count). The van der Waals surface area contributed by atoms with Gasteiger partial charge in [0.25, 0.3) is 5.91 Å². The Morgan fingerprint density at radius 2 is 1.59 bits per heavy atom. The Kier molecular flexibility index (Phi) is 5.47. The van der Waals surface area contributed by atoms with Gasteiger partial charge in [-0.25, -0.2) is 4.98 Å². The summed E-state index contributed by atoms with van der Waals surface area (Å²) >= 11 is 0. The minimum atomic E-state index is -0.111. The van der Waals surface area contributed by atoms with Gasteiger partial charge in [-0.3, -0.25) is 4.79 Å². The first-order valence-electron chi connectivity index (χ1n) is 10.00. The molecular weight excluding hydrogens is 360 g/mol. The molecule has 3 aromatic rings. The molecule has 1 saturated heterocycles. The normalized spacial score (nSPS) is 14.0. The number of carbonyl (C=O) groups is 1. The van der Waals surface area contributed by atoms with E-state index in [4.69, 9.17) is 0 Å². The van der Waals surface area contributed by atoms with Gasteiger partial charge < -0.3 is 15.1 Å². The average Bonchev–Trinajstić information content (AvgIpc) is 2.77. The lowest BCUT2D eigenvalue weighted by molar-refractivity contribution is 0.102. The maximum atomic E-state index is 12.7. The third kappa shape index (κ3) is 4.40. The number of hydrogen-bond donors (Lipinski definition) is 1. The van der Waals surface area contributed by atoms with Gasteiger partial charge in [0, 0.05) is 49.3 Å². The molecule has 1 fully saturated rings. The standard InChI is InChI=1S/C24H26N4O/c1-18-8-9-21(16-19(18)2)26-24(29)20-10-11-25-23(17-20)28-14-12-27(13-15-28)22-6-4-3-5-7-22/h3-11,16-17H,12-15H2,1-2H3,(H,26,29). The molecule has 0 aliphatic carbocycles. The van der Waals surface area contributed by atoms with Crippen LogP contribution in [0.5, 0.6) is 0 Å². The number of hydrogen-bond acceptors (Lipinski definition) is 4. The number of aryl methyl sites for hydroxylation is 2. The topological polar surface area (TPSA) is 48.5 Å². The van der Waals surface area contributed by atoms with E-state index in [-0.39, 0.29) is 5.91 Å². The lowest BCUT2D eigenvalue weighted by Gasteiger charge is -2.36. The first-order chi connectivity index (χ1) is 14.1. The average molecular weight is 386 g/mol. The zero-order valence-electron chi connectivity index (χ0n) is 16.9. The number of aromatic nitrogens is 1. The minimum absolute atomic E-state index is 0.111. The fourth-order valence-corrected chi connectivity index (χ4v) is 3.59. The van der Waals surface area contributed by atoms with Gasteiger partial charge >= 0.3 is 0 Å². The van der Waals surface area contributed by atoms with Crippen molar-refractivity contribution in [3.05, 3.63) is 83.6 Å². The van der Waals surface area contributed by atoms with E-state index in [1.54, 1.807) is 12.3 Å². The highest BCUT2D eigenvalue weighted by atomic mass is 16.1. The number of carbonyl (C=O) groups excluding carboxylic acids is 1. The first-order valence-corrected chi connectivity index (χ1v) is 10.00. The lowest BCUT2D eigenvalue weighted by Crippen LogP contribution is -2.46. The van der Waals surface area contributed by atoms with Crippen molar-refractivity contribution in [3.63, 3.8) is 0 Å². The van der Waals surface area contributed by atoms with E-state index in [0.717, 1.165) is 43.2 Å². The van der Waals surface area contributed by atoms with Crippen LogP contribution in [0, 0.1) is 13.8 Å². The maximum Gasteiger partial charge on any atom is 0.255 e. The predicted octanol–water partition coefficient (Wildman–Crippen LogP) is 4.28. The summed E-state index contributed by atoms with van der Waals surface area (Å²) < 4.78 is 0. The molecule has 0 bridgehead atoms. The minimum Gasteiger partial charge on any atom is -0.368 e. The molecule has 1 aromatic heterocycles. The molecule has 148 valence electrons. The van der Waals surface area contributed by atoms with Crippen LogP contribution in [0.25, 0.3) is 0 Å². The Hall–Kier alpha value is -3.34. The van der Waals surface area contributed by atoms with E-state index in [0.29, 0.717) is 5.56 Å². The molecule has 29 heavy (non-hydrogen) atoms. The number of rotatable bonds is 4. The fourth-order valence-electron chi connectivity index (χ4n) is 3.59. The van der Waals surface area contributed by atoms with Crippen LogP contribution in [0.1, 0.15) is 21.5 Å². The summed E-state index contributed by atoms with van der Waals surface area (Å²) in [5.74, 6) is 0.741. The highest BCUT2D eigenvalue weighted by molar-refractivity contribution is 6.04. The van der Waals surface area contributed by atoms with Crippen molar-refractivity contribution < 1.29 is 4.79 Å². The van der Waals surface area contributed by atoms with E-state index in [1.165, 1.54) is 11.3 Å². The Labute approximate surface area is 172 Å². The summed E-state index contributed by atoms with van der Waals surface area (Å²) in [7, 11) is 0. The summed E-state index contributed by atoms with van der Waals surface area (Å²) in [4.78, 5) is 21.8. The number of para-hydroxylation sites is 1. The van der Waals surface area contributed by atoms with E-state index < -0.39 is 0 Å². The van der Waals surface area contributed by atoms with Crippen LogP contribution in [-0.2, 0) is 0 Å². The van der Waals surface area contributed by atoms with Gasteiger partial charge in [0.1, 0.15) is 5.82 Å². The molecule has 1 aliphatic rings. The van der Waals surface area contributed by atoms with Gasteiger partial charge in [-0.05, 0) is 61.4 Å². The van der Waals surface area contributed by atoms with Gasteiger partial charge in [0.15, 0.2) is 0 Å². The van der Waals surface area contributed by atoms with Crippen molar-refractivity contribution >= 4 is 23.1 Å². The van der Waals surface area contributed by atoms with Gasteiger partial charge in [-0.2, -0.15) is 0 Å². The van der Waals surface area contributed by atoms with Gasteiger partial charge in [0.05, 0.1) is 0 Å². The largest absolute Gasteiger partial charge is 0.368 e. The van der Waals surface area contributed by atoms with Crippen molar-refractivity contribution in [1.82, 2.24) is 4.98 Å². The number of pyridine rings is 1. The van der Waals surface area contributed by atoms with Crippen molar-refractivity contribution in [1.29, 1.82) is 0 Å². The Balaban J connectivity index is 1.42. The second kappa shape index (κ2) is 8.35. The molecule has 0 radical (unpaired) electrons. The van der Waals surface area contributed by atoms with Crippen LogP contribution in [0.2, 0.25) is 0 Å². The number of amides is 1. The number of anilines is 3. The number of piperazine rings is 1. The summed E-state index contributed by atoms with van der Waals surface area (Å²) in [6.45, 7) is 7.74. The van der Waals surface area contributed by atoms with Crippen LogP contribution < -0.4 is 15.1 Å². The molecular formula is C24H26N4O. The Bertz CT molecular complexity index is 995. The second-order valence-corrected chi connectivity index (χ2v) is 7.47. The highest BCUT2D eigenvalue weighted by Crippen LogP contribution is 2.20. The van der Waals surface area contributed by atoms with Crippen LogP contribution in [0.4, 0.5) is 17.2 Å². The third-order valence-electron chi connectivity index (χ3n) is 5.50. The first kappa shape index (κ1) is 19.0. The molecule has 0 saturated carbocycles. The van der Waals surface area contributed by atoms with Crippen LogP contribution >= 0.6 is 0 Å². The Morgan fingerprint density at radius 3 is 2.31 bits per heavy atom. The van der Waals surface area contributed by atoms with Crippen LogP contribution in [0.3, 0.4) is 0 Å². The second-order valence-electron chi connectivity index (χ2n) is 7.47. The quantitative estimate of drug-likeness (QED) is 0.727.